The van der Waals surface area contributed by atoms with Gasteiger partial charge in [-0.2, -0.15) is 0 Å². The number of aliphatic hydroxyl groups is 1. The topological polar surface area (TPSA) is 156 Å². The molecular weight excluding hydrogens is 288 g/mol. The molecule has 0 aromatic rings. The minimum atomic E-state index is -1.23. The Morgan fingerprint density at radius 1 is 0.905 bits per heavy atom. The second-order valence-corrected chi connectivity index (χ2v) is 4.25. The van der Waals surface area contributed by atoms with E-state index in [1.54, 1.807) is 0 Å². The second kappa shape index (κ2) is 9.80. The average Bonchev–Trinajstić information content (AvgIpc) is 2.34. The smallest absolute Gasteiger partial charge is 0.317 e. The lowest BCUT2D eigenvalue weighted by molar-refractivity contribution is -0.144. The molecule has 0 bridgehead atoms. The molecule has 0 heterocycles. The molecule has 0 aromatic carbocycles. The van der Waals surface area contributed by atoms with Gasteiger partial charge in [0.2, 0.25) is 0 Å². The van der Waals surface area contributed by atoms with Crippen LogP contribution in [0.2, 0.25) is 0 Å². The van der Waals surface area contributed by atoms with Crippen LogP contribution in [0.5, 0.6) is 0 Å². The summed E-state index contributed by atoms with van der Waals surface area (Å²) in [7, 11) is 0. The van der Waals surface area contributed by atoms with E-state index >= 15 is 0 Å². The van der Waals surface area contributed by atoms with Gasteiger partial charge in [-0.25, -0.2) is 0 Å². The van der Waals surface area contributed by atoms with Gasteiger partial charge in [-0.15, -0.1) is 0 Å². The molecule has 0 aromatic heterocycles. The number of aliphatic hydroxyl groups excluding tert-OH is 1. The number of carbonyl (C=O) groups excluding carboxylic acids is 1. The van der Waals surface area contributed by atoms with E-state index in [1.807, 2.05) is 0 Å². The molecule has 0 aliphatic heterocycles. The van der Waals surface area contributed by atoms with Crippen LogP contribution in [0.15, 0.2) is 0 Å². The first-order valence-electron chi connectivity index (χ1n) is 5.98. The average molecular weight is 306 g/mol. The molecule has 0 fully saturated rings. The highest BCUT2D eigenvalue weighted by atomic mass is 16.4. The highest BCUT2D eigenvalue weighted by Gasteiger charge is 2.21. The summed E-state index contributed by atoms with van der Waals surface area (Å²) in [4.78, 5) is 44.9. The van der Waals surface area contributed by atoms with Crippen molar-refractivity contribution < 1.29 is 39.6 Å². The Morgan fingerprint density at radius 2 is 1.38 bits per heavy atom. The van der Waals surface area contributed by atoms with Crippen LogP contribution in [0, 0.1) is 0 Å². The lowest BCUT2D eigenvalue weighted by atomic mass is 10.2. The SMILES string of the molecule is O=CC(CO)N(CCN(CC(=O)O)CC(=O)O)CC(=O)O. The number of rotatable bonds is 12. The molecule has 0 saturated heterocycles. The van der Waals surface area contributed by atoms with E-state index < -0.39 is 50.2 Å². The monoisotopic (exact) mass is 306 g/mol. The summed E-state index contributed by atoms with van der Waals surface area (Å²) in [5.74, 6) is -3.68. The molecule has 10 heteroatoms. The zero-order valence-electron chi connectivity index (χ0n) is 11.2. The van der Waals surface area contributed by atoms with E-state index in [-0.39, 0.29) is 13.1 Å². The van der Waals surface area contributed by atoms with Gasteiger partial charge >= 0.3 is 17.9 Å². The molecule has 0 rings (SSSR count). The third kappa shape index (κ3) is 8.68. The molecule has 0 spiro atoms. The lowest BCUT2D eigenvalue weighted by Crippen LogP contribution is -2.47. The normalized spacial score (nSPS) is 12.3. The van der Waals surface area contributed by atoms with Gasteiger partial charge < -0.3 is 25.2 Å². The molecule has 120 valence electrons. The van der Waals surface area contributed by atoms with Gasteiger partial charge in [-0.05, 0) is 0 Å². The number of aldehydes is 1. The van der Waals surface area contributed by atoms with E-state index in [0.29, 0.717) is 6.29 Å². The van der Waals surface area contributed by atoms with Crippen LogP contribution in [-0.4, -0.2) is 99.8 Å². The van der Waals surface area contributed by atoms with Crippen LogP contribution in [0.1, 0.15) is 0 Å². The Kier molecular flexibility index (Phi) is 8.85. The molecule has 0 saturated carbocycles. The summed E-state index contributed by atoms with van der Waals surface area (Å²) < 4.78 is 0. The Bertz CT molecular complexity index is 370. The van der Waals surface area contributed by atoms with Crippen molar-refractivity contribution in [2.45, 2.75) is 6.04 Å². The lowest BCUT2D eigenvalue weighted by Gasteiger charge is -2.27. The second-order valence-electron chi connectivity index (χ2n) is 4.25. The zero-order chi connectivity index (χ0) is 16.4. The molecule has 1 atom stereocenters. The van der Waals surface area contributed by atoms with Gasteiger partial charge in [0.05, 0.1) is 32.3 Å². The summed E-state index contributed by atoms with van der Waals surface area (Å²) in [6.45, 7) is -2.32. The maximum atomic E-state index is 10.8. The Balaban J connectivity index is 4.71. The summed E-state index contributed by atoms with van der Waals surface area (Å²) in [5.41, 5.74) is 0. The molecule has 0 aliphatic carbocycles. The number of aliphatic carboxylic acids is 3. The van der Waals surface area contributed by atoms with E-state index in [2.05, 4.69) is 0 Å². The van der Waals surface area contributed by atoms with E-state index in [0.717, 1.165) is 9.80 Å². The van der Waals surface area contributed by atoms with Crippen LogP contribution >= 0.6 is 0 Å². The standard InChI is InChI=1S/C11H18N2O8/c14-6-8(7-15)13(5-11(20)21)2-1-12(3-9(16)17)4-10(18)19/h6,8,15H,1-5,7H2,(H,16,17)(H,18,19)(H,20,21). The van der Waals surface area contributed by atoms with Gasteiger partial charge in [-0.3, -0.25) is 24.2 Å². The van der Waals surface area contributed by atoms with Crippen molar-refractivity contribution >= 4 is 24.2 Å². The highest BCUT2D eigenvalue weighted by Crippen LogP contribution is 1.99. The van der Waals surface area contributed by atoms with Crippen LogP contribution < -0.4 is 0 Å². The number of hydrogen-bond acceptors (Lipinski definition) is 7. The first-order chi connectivity index (χ1) is 9.79. The van der Waals surface area contributed by atoms with Crippen molar-refractivity contribution in [1.82, 2.24) is 9.80 Å². The van der Waals surface area contributed by atoms with Gasteiger partial charge in [-0.1, -0.05) is 0 Å². The molecule has 21 heavy (non-hydrogen) atoms. The first kappa shape index (κ1) is 19.0. The van der Waals surface area contributed by atoms with Crippen molar-refractivity contribution in [1.29, 1.82) is 0 Å². The van der Waals surface area contributed by atoms with E-state index in [4.69, 9.17) is 20.4 Å². The largest absolute Gasteiger partial charge is 0.480 e. The van der Waals surface area contributed by atoms with E-state index in [1.165, 1.54) is 0 Å². The fourth-order valence-corrected chi connectivity index (χ4v) is 1.65. The van der Waals surface area contributed by atoms with Gasteiger partial charge in [0.25, 0.3) is 0 Å². The fourth-order valence-electron chi connectivity index (χ4n) is 1.65. The number of nitrogens with zero attached hydrogens (tertiary/aromatic N) is 2. The molecule has 0 amide bonds. The zero-order valence-corrected chi connectivity index (χ0v) is 11.2. The van der Waals surface area contributed by atoms with Crippen LogP contribution in [0.25, 0.3) is 0 Å². The van der Waals surface area contributed by atoms with Crippen molar-refractivity contribution in [2.24, 2.45) is 0 Å². The molecule has 0 aliphatic rings. The summed E-state index contributed by atoms with van der Waals surface area (Å²) in [6.07, 6.45) is 0.377. The first-order valence-corrected chi connectivity index (χ1v) is 5.98. The van der Waals surface area contributed by atoms with Crippen LogP contribution in [-0.2, 0) is 19.2 Å². The van der Waals surface area contributed by atoms with Crippen molar-refractivity contribution in [2.75, 3.05) is 39.3 Å². The predicted molar refractivity (Wildman–Crippen MR) is 67.9 cm³/mol. The number of carboxylic acids is 3. The van der Waals surface area contributed by atoms with E-state index in [9.17, 15) is 19.2 Å². The number of hydrogen-bond donors (Lipinski definition) is 4. The van der Waals surface area contributed by atoms with Gasteiger partial charge in [0.15, 0.2) is 0 Å². The van der Waals surface area contributed by atoms with Gasteiger partial charge in [0.1, 0.15) is 6.29 Å². The quantitative estimate of drug-likeness (QED) is 0.282. The molecule has 0 radical (unpaired) electrons. The Hall–Kier alpha value is -2.04. The summed E-state index contributed by atoms with van der Waals surface area (Å²) in [5, 5.41) is 35.1. The van der Waals surface area contributed by atoms with Crippen LogP contribution in [0.3, 0.4) is 0 Å². The molecule has 4 N–H and O–H groups in total. The third-order valence-electron chi connectivity index (χ3n) is 2.57. The fraction of sp³-hybridized carbons (Fsp3) is 0.636. The number of carbonyl (C=O) groups is 4. The predicted octanol–water partition coefficient (Wildman–Crippen LogP) is -2.60. The van der Waals surface area contributed by atoms with Gasteiger partial charge in [0, 0.05) is 13.1 Å². The van der Waals surface area contributed by atoms with Crippen molar-refractivity contribution in [3.63, 3.8) is 0 Å². The molecule has 10 nitrogen and oxygen atoms in total. The van der Waals surface area contributed by atoms with Crippen LogP contribution in [0.4, 0.5) is 0 Å². The third-order valence-corrected chi connectivity index (χ3v) is 2.57. The molecule has 1 unspecified atom stereocenters. The Labute approximate surface area is 120 Å². The Morgan fingerprint density at radius 3 is 1.71 bits per heavy atom. The minimum Gasteiger partial charge on any atom is -0.480 e. The van der Waals surface area contributed by atoms with Crippen molar-refractivity contribution in [3.8, 4) is 0 Å². The minimum absolute atomic E-state index is 0.0726. The number of carboxylic acid groups (broad SMARTS) is 3. The maximum Gasteiger partial charge on any atom is 0.317 e. The maximum absolute atomic E-state index is 10.8. The summed E-state index contributed by atoms with van der Waals surface area (Å²) >= 11 is 0. The highest BCUT2D eigenvalue weighted by molar-refractivity contribution is 5.72. The van der Waals surface area contributed by atoms with Crippen molar-refractivity contribution in [3.05, 3.63) is 0 Å². The molecular formula is C11H18N2O8. The summed E-state index contributed by atoms with van der Waals surface area (Å²) in [6, 6.07) is -1.04.